The van der Waals surface area contributed by atoms with Gasteiger partial charge in [-0.05, 0) is 20.8 Å². The minimum atomic E-state index is -0.786. The average Bonchev–Trinajstić information content (AvgIpc) is 2.34. The van der Waals surface area contributed by atoms with Crippen LogP contribution >= 0.6 is 0 Å². The molecule has 0 saturated carbocycles. The van der Waals surface area contributed by atoms with E-state index in [-0.39, 0.29) is 10.00 Å². The van der Waals surface area contributed by atoms with Crippen molar-refractivity contribution in [1.29, 1.82) is 0 Å². The first kappa shape index (κ1) is 8.72. The van der Waals surface area contributed by atoms with Crippen molar-refractivity contribution in [2.45, 2.75) is 30.8 Å². The first-order valence-corrected chi connectivity index (χ1v) is 4.99. The lowest BCUT2D eigenvalue weighted by atomic mass is 10.3. The van der Waals surface area contributed by atoms with E-state index in [0.717, 1.165) is 0 Å². The highest BCUT2D eigenvalue weighted by Gasteiger charge is 2.25. The van der Waals surface area contributed by atoms with Crippen LogP contribution in [0.15, 0.2) is 24.3 Å². The molecule has 0 fully saturated rings. The largest absolute Gasteiger partial charge is 0.258 e. The Morgan fingerprint density at radius 1 is 1.18 bits per heavy atom. The molecule has 0 bridgehead atoms. The van der Waals surface area contributed by atoms with Crippen molar-refractivity contribution in [3.05, 3.63) is 24.3 Å². The van der Waals surface area contributed by atoms with Gasteiger partial charge < -0.3 is 0 Å². The molecule has 62 valence electrons. The van der Waals surface area contributed by atoms with E-state index in [1.54, 1.807) is 0 Å². The Morgan fingerprint density at radius 2 is 1.64 bits per heavy atom. The average molecular weight is 170 g/mol. The molecule has 1 aliphatic rings. The Kier molecular flexibility index (Phi) is 2.33. The minimum Gasteiger partial charge on any atom is -0.258 e. The van der Waals surface area contributed by atoms with Gasteiger partial charge in [0.05, 0.1) is 5.25 Å². The Hall–Kier alpha value is -0.370. The van der Waals surface area contributed by atoms with Crippen molar-refractivity contribution in [2.24, 2.45) is 0 Å². The van der Waals surface area contributed by atoms with Crippen molar-refractivity contribution in [2.75, 3.05) is 0 Å². The topological polar surface area (TPSA) is 17.1 Å². The van der Waals surface area contributed by atoms with Crippen molar-refractivity contribution in [1.82, 2.24) is 0 Å². The van der Waals surface area contributed by atoms with E-state index < -0.39 is 10.8 Å². The summed E-state index contributed by atoms with van der Waals surface area (Å²) in [5.41, 5.74) is 0. The third-order valence-corrected chi connectivity index (χ3v) is 3.58. The Morgan fingerprint density at radius 3 is 2.00 bits per heavy atom. The molecule has 2 heteroatoms. The number of allylic oxidation sites excluding steroid dienone is 2. The standard InChI is InChI=1S/C9H14OS/c1-9(2,3)11(10)8-6-4-5-7-8/h4-8H,1-3H3/t11-/m0/s1. The lowest BCUT2D eigenvalue weighted by Crippen LogP contribution is -2.28. The second-order valence-corrected chi connectivity index (χ2v) is 6.01. The third-order valence-electron chi connectivity index (χ3n) is 1.56. The molecular formula is C9H14OS. The highest BCUT2D eigenvalue weighted by molar-refractivity contribution is 7.87. The summed E-state index contributed by atoms with van der Waals surface area (Å²) in [5, 5.41) is 0.134. The van der Waals surface area contributed by atoms with Crippen LogP contribution in [0.3, 0.4) is 0 Å². The van der Waals surface area contributed by atoms with Crippen LogP contribution in [0.4, 0.5) is 0 Å². The summed E-state index contributed by atoms with van der Waals surface area (Å²) < 4.78 is 11.6. The summed E-state index contributed by atoms with van der Waals surface area (Å²) in [7, 11) is -0.786. The fraction of sp³-hybridized carbons (Fsp3) is 0.556. The Bertz CT molecular complexity index is 208. The highest BCUT2D eigenvalue weighted by Crippen LogP contribution is 2.19. The smallest absolute Gasteiger partial charge is 0.0719 e. The molecule has 1 aliphatic carbocycles. The van der Waals surface area contributed by atoms with Crippen molar-refractivity contribution in [3.63, 3.8) is 0 Å². The fourth-order valence-electron chi connectivity index (χ4n) is 0.962. The van der Waals surface area contributed by atoms with Crippen LogP contribution in [-0.4, -0.2) is 14.2 Å². The van der Waals surface area contributed by atoms with Gasteiger partial charge in [0.2, 0.25) is 0 Å². The van der Waals surface area contributed by atoms with E-state index >= 15 is 0 Å². The molecule has 0 aromatic rings. The van der Waals surface area contributed by atoms with Crippen molar-refractivity contribution >= 4 is 10.8 Å². The first-order valence-electron chi connectivity index (χ1n) is 3.77. The summed E-state index contributed by atoms with van der Waals surface area (Å²) in [6.45, 7) is 6.01. The SMILES string of the molecule is CC(C)(C)[S@@](=O)C1C=CC=C1. The van der Waals surface area contributed by atoms with Crippen LogP contribution in [0.5, 0.6) is 0 Å². The summed E-state index contributed by atoms with van der Waals surface area (Å²) in [6.07, 6.45) is 7.88. The van der Waals surface area contributed by atoms with Crippen LogP contribution < -0.4 is 0 Å². The van der Waals surface area contributed by atoms with Crippen LogP contribution in [0.25, 0.3) is 0 Å². The maximum atomic E-state index is 11.7. The second-order valence-electron chi connectivity index (χ2n) is 3.64. The summed E-state index contributed by atoms with van der Waals surface area (Å²) in [4.78, 5) is 0. The molecule has 1 nitrogen and oxygen atoms in total. The summed E-state index contributed by atoms with van der Waals surface area (Å²) in [6, 6.07) is 0. The van der Waals surface area contributed by atoms with Gasteiger partial charge in [0.25, 0.3) is 0 Å². The fourth-order valence-corrected chi connectivity index (χ4v) is 2.25. The number of hydrogen-bond acceptors (Lipinski definition) is 1. The van der Waals surface area contributed by atoms with E-state index in [0.29, 0.717) is 0 Å². The molecule has 0 heterocycles. The third kappa shape index (κ3) is 2.03. The van der Waals surface area contributed by atoms with Crippen molar-refractivity contribution in [3.8, 4) is 0 Å². The zero-order valence-electron chi connectivity index (χ0n) is 7.20. The van der Waals surface area contributed by atoms with Gasteiger partial charge in [0.15, 0.2) is 0 Å². The Labute approximate surface area is 70.6 Å². The van der Waals surface area contributed by atoms with Crippen LogP contribution in [0.2, 0.25) is 0 Å². The lowest BCUT2D eigenvalue weighted by Gasteiger charge is -2.20. The van der Waals surface area contributed by atoms with E-state index in [1.165, 1.54) is 0 Å². The van der Waals surface area contributed by atoms with Gasteiger partial charge in [-0.2, -0.15) is 0 Å². The van der Waals surface area contributed by atoms with Gasteiger partial charge in [-0.3, -0.25) is 4.21 Å². The molecule has 0 spiro atoms. The molecule has 0 aliphatic heterocycles. The molecule has 0 saturated heterocycles. The molecule has 1 rings (SSSR count). The van der Waals surface area contributed by atoms with Gasteiger partial charge in [0.1, 0.15) is 0 Å². The van der Waals surface area contributed by atoms with Crippen molar-refractivity contribution < 1.29 is 4.21 Å². The zero-order valence-corrected chi connectivity index (χ0v) is 8.02. The molecule has 0 N–H and O–H groups in total. The van der Waals surface area contributed by atoms with E-state index in [9.17, 15) is 4.21 Å². The summed E-state index contributed by atoms with van der Waals surface area (Å²) >= 11 is 0. The summed E-state index contributed by atoms with van der Waals surface area (Å²) in [5.74, 6) is 0. The molecule has 0 aromatic heterocycles. The minimum absolute atomic E-state index is 0.107. The number of rotatable bonds is 1. The van der Waals surface area contributed by atoms with Gasteiger partial charge in [0, 0.05) is 15.5 Å². The predicted octanol–water partition coefficient (Wildman–Crippen LogP) is 2.03. The molecule has 1 atom stereocenters. The molecule has 0 aromatic carbocycles. The van der Waals surface area contributed by atoms with Gasteiger partial charge >= 0.3 is 0 Å². The first-order chi connectivity index (χ1) is 5.02. The quantitative estimate of drug-likeness (QED) is 0.588. The maximum absolute atomic E-state index is 11.7. The van der Waals surface area contributed by atoms with Gasteiger partial charge in [-0.25, -0.2) is 0 Å². The Balaban J connectivity index is 2.70. The zero-order chi connectivity index (χ0) is 8.48. The molecule has 0 amide bonds. The normalized spacial score (nSPS) is 21.0. The number of hydrogen-bond donors (Lipinski definition) is 0. The molecular weight excluding hydrogens is 156 g/mol. The second kappa shape index (κ2) is 2.94. The van der Waals surface area contributed by atoms with Crippen LogP contribution in [0, 0.1) is 0 Å². The van der Waals surface area contributed by atoms with E-state index in [2.05, 4.69) is 0 Å². The van der Waals surface area contributed by atoms with Gasteiger partial charge in [-0.15, -0.1) is 0 Å². The van der Waals surface area contributed by atoms with Crippen LogP contribution in [0.1, 0.15) is 20.8 Å². The molecule has 0 radical (unpaired) electrons. The van der Waals surface area contributed by atoms with Crippen LogP contribution in [-0.2, 0) is 10.8 Å². The monoisotopic (exact) mass is 170 g/mol. The van der Waals surface area contributed by atoms with E-state index in [1.807, 2.05) is 45.1 Å². The van der Waals surface area contributed by atoms with Gasteiger partial charge in [-0.1, -0.05) is 24.3 Å². The molecule has 11 heavy (non-hydrogen) atoms. The predicted molar refractivity (Wildman–Crippen MR) is 50.0 cm³/mol. The lowest BCUT2D eigenvalue weighted by molar-refractivity contribution is 0.647. The van der Waals surface area contributed by atoms with E-state index in [4.69, 9.17) is 0 Å². The molecule has 0 unspecified atom stereocenters. The maximum Gasteiger partial charge on any atom is 0.0719 e. The highest BCUT2D eigenvalue weighted by atomic mass is 32.2.